The Balaban J connectivity index is 1.94. The van der Waals surface area contributed by atoms with Crippen molar-refractivity contribution in [3.8, 4) is 22.8 Å². The molecule has 0 bridgehead atoms. The Kier molecular flexibility index (Phi) is 5.71. The zero-order valence-corrected chi connectivity index (χ0v) is 17.5. The molecule has 0 N–H and O–H groups in total. The van der Waals surface area contributed by atoms with Crippen LogP contribution in [0, 0.1) is 11.6 Å². The quantitative estimate of drug-likeness (QED) is 0.438. The van der Waals surface area contributed by atoms with Gasteiger partial charge in [-0.2, -0.15) is 0 Å². The molecule has 0 aliphatic heterocycles. The van der Waals surface area contributed by atoms with Crippen molar-refractivity contribution >= 4 is 21.9 Å². The second-order valence-corrected chi connectivity index (χ2v) is 8.33. The van der Waals surface area contributed by atoms with Crippen LogP contribution >= 0.6 is 0 Å². The smallest absolute Gasteiger partial charge is 0.258 e. The standard InChI is InChI=1S/C22H17F2N3O3S/c1-27-11-16(14-5-3-4-6-15(14)22(27)28)21-19(10-25-20(26-21)12-31(2)29)30-18-8-7-13(23)9-17(18)24/h3-11H,12H2,1-2H3. The molecule has 0 radical (unpaired) electrons. The molecule has 4 rings (SSSR count). The fraction of sp³-hybridized carbons (Fsp3) is 0.136. The van der Waals surface area contributed by atoms with Crippen LogP contribution in [0.25, 0.3) is 22.0 Å². The van der Waals surface area contributed by atoms with Gasteiger partial charge in [-0.3, -0.25) is 4.79 Å². The van der Waals surface area contributed by atoms with Gasteiger partial charge in [0.15, 0.2) is 28.9 Å². The highest BCUT2D eigenvalue weighted by molar-refractivity contribution is 7.89. The molecule has 0 aliphatic rings. The highest BCUT2D eigenvalue weighted by Gasteiger charge is 2.19. The van der Waals surface area contributed by atoms with E-state index < -0.39 is 22.8 Å². The van der Waals surface area contributed by atoms with Crippen LogP contribution in [0.5, 0.6) is 11.5 Å². The minimum atomic E-state index is -1.19. The molecule has 0 saturated carbocycles. The molecule has 31 heavy (non-hydrogen) atoms. The van der Waals surface area contributed by atoms with Gasteiger partial charge in [0.2, 0.25) is 0 Å². The second kappa shape index (κ2) is 8.44. The van der Waals surface area contributed by atoms with Gasteiger partial charge in [0.05, 0.1) is 12.5 Å². The number of fused-ring (bicyclic) bond motifs is 1. The van der Waals surface area contributed by atoms with Crippen molar-refractivity contribution in [1.82, 2.24) is 14.5 Å². The molecule has 9 heteroatoms. The molecule has 4 aromatic rings. The van der Waals surface area contributed by atoms with E-state index in [0.717, 1.165) is 6.07 Å². The van der Waals surface area contributed by atoms with Crippen LogP contribution in [0.2, 0.25) is 0 Å². The fourth-order valence-corrected chi connectivity index (χ4v) is 3.71. The third-order valence-electron chi connectivity index (χ3n) is 4.60. The summed E-state index contributed by atoms with van der Waals surface area (Å²) in [5.41, 5.74) is 0.669. The van der Waals surface area contributed by atoms with E-state index in [9.17, 15) is 18.1 Å². The molecule has 0 amide bonds. The lowest BCUT2D eigenvalue weighted by Crippen LogP contribution is -2.17. The first-order valence-corrected chi connectivity index (χ1v) is 10.9. The summed E-state index contributed by atoms with van der Waals surface area (Å²) in [5.74, 6) is -1.28. The molecule has 0 fully saturated rings. The number of nitrogens with zero attached hydrogens (tertiary/aromatic N) is 3. The lowest BCUT2D eigenvalue weighted by atomic mass is 10.0. The summed E-state index contributed by atoms with van der Waals surface area (Å²) in [7, 11) is 1.61. The zero-order chi connectivity index (χ0) is 22.1. The van der Waals surface area contributed by atoms with Gasteiger partial charge < -0.3 is 13.9 Å². The monoisotopic (exact) mass is 441 g/mol. The number of aromatic nitrogens is 3. The summed E-state index contributed by atoms with van der Waals surface area (Å²) in [6, 6.07) is 9.97. The van der Waals surface area contributed by atoms with Gasteiger partial charge in [0.1, 0.15) is 11.5 Å². The summed E-state index contributed by atoms with van der Waals surface area (Å²) in [6.07, 6.45) is 4.49. The predicted molar refractivity (Wildman–Crippen MR) is 114 cm³/mol. The van der Waals surface area contributed by atoms with Gasteiger partial charge in [-0.1, -0.05) is 18.2 Å². The number of ether oxygens (including phenoxy) is 1. The number of rotatable bonds is 5. The summed E-state index contributed by atoms with van der Waals surface area (Å²) in [5, 5.41) is 1.10. The summed E-state index contributed by atoms with van der Waals surface area (Å²) in [4.78, 5) is 21.2. The van der Waals surface area contributed by atoms with E-state index in [0.29, 0.717) is 33.9 Å². The minimum absolute atomic E-state index is 0.111. The zero-order valence-electron chi connectivity index (χ0n) is 16.6. The lowest BCUT2D eigenvalue weighted by molar-refractivity contribution is 0.435. The van der Waals surface area contributed by atoms with Crippen molar-refractivity contribution in [1.29, 1.82) is 0 Å². The van der Waals surface area contributed by atoms with Crippen molar-refractivity contribution in [2.24, 2.45) is 7.05 Å². The van der Waals surface area contributed by atoms with E-state index in [2.05, 4.69) is 9.97 Å². The number of halogens is 2. The fourth-order valence-electron chi connectivity index (χ4n) is 3.21. The van der Waals surface area contributed by atoms with E-state index in [4.69, 9.17) is 4.74 Å². The first-order valence-electron chi connectivity index (χ1n) is 9.21. The maximum atomic E-state index is 14.2. The van der Waals surface area contributed by atoms with Crippen LogP contribution < -0.4 is 10.3 Å². The van der Waals surface area contributed by atoms with Crippen molar-refractivity contribution in [2.45, 2.75) is 5.75 Å². The van der Waals surface area contributed by atoms with E-state index in [-0.39, 0.29) is 22.8 Å². The molecule has 0 spiro atoms. The molecule has 6 nitrogen and oxygen atoms in total. The van der Waals surface area contributed by atoms with Crippen LogP contribution in [-0.4, -0.2) is 25.3 Å². The Morgan fingerprint density at radius 2 is 1.87 bits per heavy atom. The molecule has 2 heterocycles. The van der Waals surface area contributed by atoms with Gasteiger partial charge in [-0.05, 0) is 34.8 Å². The highest BCUT2D eigenvalue weighted by Crippen LogP contribution is 2.35. The van der Waals surface area contributed by atoms with Crippen molar-refractivity contribution in [2.75, 3.05) is 6.26 Å². The maximum Gasteiger partial charge on any atom is 0.258 e. The number of aryl methyl sites for hydroxylation is 1. The number of benzene rings is 2. The Bertz CT molecular complexity index is 1340. The topological polar surface area (TPSA) is 80.1 Å². The number of hydrogen-bond donors (Lipinski definition) is 0. The number of hydrogen-bond acceptors (Lipinski definition) is 5. The van der Waals surface area contributed by atoms with Gasteiger partial charge in [-0.25, -0.2) is 18.7 Å². The minimum Gasteiger partial charge on any atom is -0.616 e. The summed E-state index contributed by atoms with van der Waals surface area (Å²) < 4.78 is 46.3. The Hall–Kier alpha value is -3.30. The first kappa shape index (κ1) is 21.0. The maximum absolute atomic E-state index is 14.2. The SMILES string of the molecule is Cn1cc(-c2nc(C[S+](C)[O-])ncc2Oc2ccc(F)cc2F)c2ccccc2c1=O. The highest BCUT2D eigenvalue weighted by atomic mass is 32.2. The van der Waals surface area contributed by atoms with Crippen molar-refractivity contribution in [3.05, 3.63) is 82.7 Å². The van der Waals surface area contributed by atoms with Gasteiger partial charge in [0.25, 0.3) is 5.56 Å². The van der Waals surface area contributed by atoms with Gasteiger partial charge >= 0.3 is 0 Å². The number of pyridine rings is 1. The third kappa shape index (κ3) is 4.28. The molecule has 0 aliphatic carbocycles. The average molecular weight is 441 g/mol. The molecule has 0 saturated heterocycles. The second-order valence-electron chi connectivity index (χ2n) is 6.90. The first-order chi connectivity index (χ1) is 14.8. The van der Waals surface area contributed by atoms with Crippen LogP contribution in [-0.2, 0) is 24.0 Å². The van der Waals surface area contributed by atoms with E-state index in [1.807, 2.05) is 0 Å². The van der Waals surface area contributed by atoms with Gasteiger partial charge in [-0.15, -0.1) is 0 Å². The van der Waals surface area contributed by atoms with Crippen molar-refractivity contribution < 1.29 is 18.1 Å². The molecule has 158 valence electrons. The van der Waals surface area contributed by atoms with Crippen LogP contribution in [0.3, 0.4) is 0 Å². The van der Waals surface area contributed by atoms with Crippen LogP contribution in [0.15, 0.2) is 59.7 Å². The average Bonchev–Trinajstić information content (AvgIpc) is 2.73. The summed E-state index contributed by atoms with van der Waals surface area (Å²) in [6.45, 7) is 0. The molecule has 1 unspecified atom stereocenters. The molecule has 2 aromatic heterocycles. The molecular formula is C22H17F2N3O3S. The van der Waals surface area contributed by atoms with Crippen LogP contribution in [0.1, 0.15) is 5.82 Å². The largest absolute Gasteiger partial charge is 0.616 e. The van der Waals surface area contributed by atoms with Crippen LogP contribution in [0.4, 0.5) is 8.78 Å². The van der Waals surface area contributed by atoms with E-state index >= 15 is 0 Å². The van der Waals surface area contributed by atoms with E-state index in [1.54, 1.807) is 37.5 Å². The Labute approximate surface area is 179 Å². The van der Waals surface area contributed by atoms with Gasteiger partial charge in [0, 0.05) is 30.3 Å². The van der Waals surface area contributed by atoms with Crippen molar-refractivity contribution in [3.63, 3.8) is 0 Å². The molecule has 1 atom stereocenters. The summed E-state index contributed by atoms with van der Waals surface area (Å²) >= 11 is -1.19. The predicted octanol–water partition coefficient (Wildman–Crippen LogP) is 3.94. The molecule has 2 aromatic carbocycles. The normalized spacial score (nSPS) is 12.2. The molecular weight excluding hydrogens is 424 g/mol. The Morgan fingerprint density at radius 3 is 2.58 bits per heavy atom. The Morgan fingerprint density at radius 1 is 1.13 bits per heavy atom. The lowest BCUT2D eigenvalue weighted by Gasteiger charge is -2.15. The third-order valence-corrected chi connectivity index (χ3v) is 5.26. The van der Waals surface area contributed by atoms with E-state index in [1.165, 1.54) is 23.1 Å².